The number of carbonyl (C=O) groups is 3. The van der Waals surface area contributed by atoms with Crippen molar-refractivity contribution in [3.8, 4) is 5.75 Å². The van der Waals surface area contributed by atoms with Crippen LogP contribution < -0.4 is 10.1 Å². The number of esters is 1. The van der Waals surface area contributed by atoms with Crippen molar-refractivity contribution in [2.24, 2.45) is 11.8 Å². The van der Waals surface area contributed by atoms with Gasteiger partial charge in [-0.25, -0.2) is 4.79 Å². The first kappa shape index (κ1) is 23.5. The molecule has 2 atom stereocenters. The van der Waals surface area contributed by atoms with Gasteiger partial charge in [0.1, 0.15) is 18.4 Å². The monoisotopic (exact) mass is 437 g/mol. The molecular weight excluding hydrogens is 406 g/mol. The highest BCUT2D eigenvalue weighted by Gasteiger charge is 2.31. The number of ketones is 1. The molecule has 1 aliphatic rings. The molecular formula is C26H31NO5. The van der Waals surface area contributed by atoms with E-state index >= 15 is 0 Å². The molecule has 1 aliphatic carbocycles. The Balaban J connectivity index is 1.60. The van der Waals surface area contributed by atoms with Crippen molar-refractivity contribution in [3.05, 3.63) is 65.2 Å². The summed E-state index contributed by atoms with van der Waals surface area (Å²) in [7, 11) is 0. The van der Waals surface area contributed by atoms with Gasteiger partial charge < -0.3 is 14.8 Å². The summed E-state index contributed by atoms with van der Waals surface area (Å²) in [6, 6.07) is 14.7. The molecule has 6 nitrogen and oxygen atoms in total. The highest BCUT2D eigenvalue weighted by molar-refractivity contribution is 6.02. The first-order valence-electron chi connectivity index (χ1n) is 11.2. The standard InChI is InChI=1S/C26H31NO5/c1-4-31-26(30)24(17(2)3)27-23(28)15-20-11-10-19-14-21(12-13-22(19)25(20)29)32-16-18-8-6-5-7-9-18/h5-9,12-14,17,20,24H,4,10-11,15-16H2,1-3H3,(H,27,28)/t20?,24-/m0/s1. The molecule has 32 heavy (non-hydrogen) atoms. The van der Waals surface area contributed by atoms with E-state index in [-0.39, 0.29) is 30.6 Å². The number of hydrogen-bond donors (Lipinski definition) is 1. The van der Waals surface area contributed by atoms with Gasteiger partial charge in [0.2, 0.25) is 5.91 Å². The largest absolute Gasteiger partial charge is 0.489 e. The smallest absolute Gasteiger partial charge is 0.328 e. The van der Waals surface area contributed by atoms with Crippen LogP contribution in [0.3, 0.4) is 0 Å². The van der Waals surface area contributed by atoms with Crippen LogP contribution in [0.25, 0.3) is 0 Å². The summed E-state index contributed by atoms with van der Waals surface area (Å²) in [6.07, 6.45) is 1.35. The van der Waals surface area contributed by atoms with Gasteiger partial charge in [0, 0.05) is 17.9 Å². The van der Waals surface area contributed by atoms with Crippen LogP contribution in [0.1, 0.15) is 55.1 Å². The minimum absolute atomic E-state index is 0.0340. The van der Waals surface area contributed by atoms with Crippen LogP contribution in [0.5, 0.6) is 5.75 Å². The summed E-state index contributed by atoms with van der Waals surface area (Å²) in [5, 5.41) is 2.75. The van der Waals surface area contributed by atoms with E-state index in [1.54, 1.807) is 19.1 Å². The van der Waals surface area contributed by atoms with E-state index < -0.39 is 17.9 Å². The number of carbonyl (C=O) groups excluding carboxylic acids is 3. The fourth-order valence-corrected chi connectivity index (χ4v) is 3.91. The molecule has 2 aromatic carbocycles. The second kappa shape index (κ2) is 10.9. The molecule has 0 spiro atoms. The minimum Gasteiger partial charge on any atom is -0.489 e. The van der Waals surface area contributed by atoms with E-state index in [2.05, 4.69) is 5.32 Å². The zero-order valence-electron chi connectivity index (χ0n) is 18.9. The van der Waals surface area contributed by atoms with Gasteiger partial charge in [-0.2, -0.15) is 0 Å². The highest BCUT2D eigenvalue weighted by Crippen LogP contribution is 2.30. The van der Waals surface area contributed by atoms with Gasteiger partial charge in [-0.3, -0.25) is 9.59 Å². The second-order valence-corrected chi connectivity index (χ2v) is 8.44. The van der Waals surface area contributed by atoms with Gasteiger partial charge >= 0.3 is 5.97 Å². The molecule has 0 aliphatic heterocycles. The van der Waals surface area contributed by atoms with Crippen LogP contribution in [0, 0.1) is 11.8 Å². The summed E-state index contributed by atoms with van der Waals surface area (Å²) in [6.45, 7) is 6.15. The Morgan fingerprint density at radius 1 is 1.12 bits per heavy atom. The van der Waals surface area contributed by atoms with E-state index in [0.29, 0.717) is 25.0 Å². The number of amides is 1. The fourth-order valence-electron chi connectivity index (χ4n) is 3.91. The van der Waals surface area contributed by atoms with E-state index in [4.69, 9.17) is 9.47 Å². The van der Waals surface area contributed by atoms with Gasteiger partial charge in [0.25, 0.3) is 0 Å². The zero-order valence-corrected chi connectivity index (χ0v) is 18.9. The molecule has 0 heterocycles. The Morgan fingerprint density at radius 2 is 1.88 bits per heavy atom. The van der Waals surface area contributed by atoms with Crippen LogP contribution in [0.4, 0.5) is 0 Å². The average molecular weight is 438 g/mol. The molecule has 1 N–H and O–H groups in total. The quantitative estimate of drug-likeness (QED) is 0.597. The molecule has 6 heteroatoms. The summed E-state index contributed by atoms with van der Waals surface area (Å²) in [5.74, 6) is -0.552. The molecule has 0 radical (unpaired) electrons. The third kappa shape index (κ3) is 5.96. The van der Waals surface area contributed by atoms with Crippen LogP contribution in [0.2, 0.25) is 0 Å². The Kier molecular flexibility index (Phi) is 8.03. The lowest BCUT2D eigenvalue weighted by Gasteiger charge is -2.25. The Labute approximate surface area is 189 Å². The highest BCUT2D eigenvalue weighted by atomic mass is 16.5. The van der Waals surface area contributed by atoms with Crippen molar-refractivity contribution in [1.82, 2.24) is 5.32 Å². The first-order chi connectivity index (χ1) is 15.4. The van der Waals surface area contributed by atoms with Crippen LogP contribution in [0.15, 0.2) is 48.5 Å². The number of hydrogen-bond acceptors (Lipinski definition) is 5. The number of benzene rings is 2. The molecule has 3 rings (SSSR count). The van der Waals surface area contributed by atoms with Crippen molar-refractivity contribution < 1.29 is 23.9 Å². The molecule has 1 unspecified atom stereocenters. The second-order valence-electron chi connectivity index (χ2n) is 8.44. The van der Waals surface area contributed by atoms with Crippen molar-refractivity contribution in [2.45, 2.75) is 52.7 Å². The number of aryl methyl sites for hydroxylation is 1. The van der Waals surface area contributed by atoms with Crippen LogP contribution in [-0.2, 0) is 27.4 Å². The molecule has 0 saturated carbocycles. The topological polar surface area (TPSA) is 81.7 Å². The Morgan fingerprint density at radius 3 is 2.56 bits per heavy atom. The zero-order chi connectivity index (χ0) is 23.1. The van der Waals surface area contributed by atoms with Crippen molar-refractivity contribution in [3.63, 3.8) is 0 Å². The predicted molar refractivity (Wildman–Crippen MR) is 121 cm³/mol. The number of fused-ring (bicyclic) bond motifs is 1. The van der Waals surface area contributed by atoms with Crippen LogP contribution in [-0.4, -0.2) is 30.3 Å². The molecule has 0 fully saturated rings. The lowest BCUT2D eigenvalue weighted by molar-refractivity contribution is -0.148. The average Bonchev–Trinajstić information content (AvgIpc) is 2.78. The van der Waals surface area contributed by atoms with E-state index in [1.165, 1.54) is 0 Å². The van der Waals surface area contributed by atoms with Gasteiger partial charge in [-0.15, -0.1) is 0 Å². The predicted octanol–water partition coefficient (Wildman–Crippen LogP) is 4.10. The van der Waals surface area contributed by atoms with Crippen molar-refractivity contribution in [2.75, 3.05) is 6.61 Å². The third-order valence-corrected chi connectivity index (χ3v) is 5.68. The first-order valence-corrected chi connectivity index (χ1v) is 11.2. The van der Waals surface area contributed by atoms with E-state index in [0.717, 1.165) is 16.9 Å². The maximum Gasteiger partial charge on any atom is 0.328 e. The van der Waals surface area contributed by atoms with Gasteiger partial charge in [-0.1, -0.05) is 44.2 Å². The number of rotatable bonds is 9. The molecule has 170 valence electrons. The van der Waals surface area contributed by atoms with Gasteiger partial charge in [-0.05, 0) is 55.0 Å². The Hall–Kier alpha value is -3.15. The lowest BCUT2D eigenvalue weighted by atomic mass is 9.81. The number of ether oxygens (including phenoxy) is 2. The summed E-state index contributed by atoms with van der Waals surface area (Å²) < 4.78 is 10.9. The number of Topliss-reactive ketones (excluding diaryl/α,β-unsaturated/α-hetero) is 1. The molecule has 2 aromatic rings. The third-order valence-electron chi connectivity index (χ3n) is 5.68. The number of nitrogens with one attached hydrogen (secondary N) is 1. The molecule has 0 bridgehead atoms. The van der Waals surface area contributed by atoms with E-state index in [9.17, 15) is 14.4 Å². The van der Waals surface area contributed by atoms with Gasteiger partial charge in [0.15, 0.2) is 5.78 Å². The molecule has 0 saturated heterocycles. The summed E-state index contributed by atoms with van der Waals surface area (Å²) in [4.78, 5) is 37.7. The van der Waals surface area contributed by atoms with Crippen LogP contribution >= 0.6 is 0 Å². The minimum atomic E-state index is -0.710. The fraction of sp³-hybridized carbons (Fsp3) is 0.423. The molecule has 1 amide bonds. The lowest BCUT2D eigenvalue weighted by Crippen LogP contribution is -2.46. The maximum atomic E-state index is 13.0. The molecule has 0 aromatic heterocycles. The Bertz CT molecular complexity index is 954. The van der Waals surface area contributed by atoms with Crippen molar-refractivity contribution in [1.29, 1.82) is 0 Å². The summed E-state index contributed by atoms with van der Waals surface area (Å²) >= 11 is 0. The van der Waals surface area contributed by atoms with Gasteiger partial charge in [0.05, 0.1) is 6.61 Å². The normalized spacial score (nSPS) is 16.2. The SMILES string of the molecule is CCOC(=O)[C@@H](NC(=O)CC1CCc2cc(OCc3ccccc3)ccc2C1=O)C(C)C. The summed E-state index contributed by atoms with van der Waals surface area (Å²) in [5.41, 5.74) is 2.67. The van der Waals surface area contributed by atoms with E-state index in [1.807, 2.05) is 50.2 Å². The maximum absolute atomic E-state index is 13.0. The van der Waals surface area contributed by atoms with Crippen molar-refractivity contribution >= 4 is 17.7 Å².